The normalized spacial score (nSPS) is 12.0. The van der Waals surface area contributed by atoms with E-state index < -0.39 is 24.3 Å². The lowest BCUT2D eigenvalue weighted by molar-refractivity contribution is -0.124. The van der Waals surface area contributed by atoms with Crippen molar-refractivity contribution >= 4 is 23.5 Å². The van der Waals surface area contributed by atoms with E-state index in [1.807, 2.05) is 0 Å². The highest BCUT2D eigenvalue weighted by Crippen LogP contribution is 2.34. The van der Waals surface area contributed by atoms with Crippen molar-refractivity contribution < 1.29 is 32.7 Å². The van der Waals surface area contributed by atoms with Crippen LogP contribution in [0, 0.1) is 12.7 Å². The molecule has 2 heterocycles. The molecule has 0 unspecified atom stereocenters. The number of aromatic nitrogens is 1. The molecule has 160 valence electrons. The van der Waals surface area contributed by atoms with E-state index in [0.717, 1.165) is 5.56 Å². The van der Waals surface area contributed by atoms with Crippen LogP contribution in [0.3, 0.4) is 0 Å². The van der Waals surface area contributed by atoms with Crippen LogP contribution in [0.5, 0.6) is 11.5 Å². The molecule has 2 aromatic carbocycles. The van der Waals surface area contributed by atoms with Gasteiger partial charge in [-0.2, -0.15) is 0 Å². The summed E-state index contributed by atoms with van der Waals surface area (Å²) in [5.41, 5.74) is 0.512. The third kappa shape index (κ3) is 4.31. The van der Waals surface area contributed by atoms with E-state index in [9.17, 15) is 14.0 Å². The summed E-state index contributed by atoms with van der Waals surface area (Å²) in [6.07, 6.45) is 0. The van der Waals surface area contributed by atoms with Crippen molar-refractivity contribution in [2.45, 2.75) is 13.5 Å². The minimum absolute atomic E-state index is 0.0591. The van der Waals surface area contributed by atoms with Crippen molar-refractivity contribution in [3.8, 4) is 22.8 Å². The quantitative estimate of drug-likeness (QED) is 0.577. The van der Waals surface area contributed by atoms with Crippen molar-refractivity contribution in [3.63, 3.8) is 0 Å². The molecule has 1 N–H and O–H groups in total. The van der Waals surface area contributed by atoms with Gasteiger partial charge in [-0.05, 0) is 36.8 Å². The summed E-state index contributed by atoms with van der Waals surface area (Å²) in [5.74, 6) is -0.729. The Morgan fingerprint density at radius 1 is 1.23 bits per heavy atom. The molecular weight excluding hydrogens is 431 g/mol. The molecule has 4 rings (SSSR count). The fraction of sp³-hybridized carbons (Fsp3) is 0.190. The lowest BCUT2D eigenvalue weighted by Crippen LogP contribution is -2.28. The van der Waals surface area contributed by atoms with Crippen LogP contribution in [-0.2, 0) is 16.1 Å². The summed E-state index contributed by atoms with van der Waals surface area (Å²) < 4.78 is 34.9. The molecule has 1 amide bonds. The maximum Gasteiger partial charge on any atom is 0.344 e. The molecule has 0 spiro atoms. The highest BCUT2D eigenvalue weighted by molar-refractivity contribution is 6.33. The van der Waals surface area contributed by atoms with E-state index in [0.29, 0.717) is 11.5 Å². The van der Waals surface area contributed by atoms with Gasteiger partial charge in [0.15, 0.2) is 18.1 Å². The minimum atomic E-state index is -0.883. The summed E-state index contributed by atoms with van der Waals surface area (Å²) in [5, 5.41) is 6.43. The predicted molar refractivity (Wildman–Crippen MR) is 106 cm³/mol. The zero-order chi connectivity index (χ0) is 22.0. The SMILES string of the molecule is Cc1onc(-c2c(F)cccc2Cl)c1C(=O)OCC(=O)NCc1ccc2c(c1)OCO2. The highest BCUT2D eigenvalue weighted by atomic mass is 35.5. The number of hydrogen-bond donors (Lipinski definition) is 1. The van der Waals surface area contributed by atoms with Gasteiger partial charge < -0.3 is 24.1 Å². The number of halogens is 2. The topological polar surface area (TPSA) is 99.9 Å². The van der Waals surface area contributed by atoms with Gasteiger partial charge in [0.05, 0.1) is 10.6 Å². The van der Waals surface area contributed by atoms with Gasteiger partial charge in [0.25, 0.3) is 5.91 Å². The van der Waals surface area contributed by atoms with Gasteiger partial charge in [0.2, 0.25) is 6.79 Å². The molecule has 31 heavy (non-hydrogen) atoms. The van der Waals surface area contributed by atoms with E-state index in [2.05, 4.69) is 10.5 Å². The highest BCUT2D eigenvalue weighted by Gasteiger charge is 2.27. The molecule has 1 aliphatic heterocycles. The van der Waals surface area contributed by atoms with Crippen LogP contribution in [0.1, 0.15) is 21.7 Å². The smallest absolute Gasteiger partial charge is 0.344 e. The van der Waals surface area contributed by atoms with Crippen LogP contribution in [0.25, 0.3) is 11.3 Å². The van der Waals surface area contributed by atoms with Crippen LogP contribution in [0.2, 0.25) is 5.02 Å². The molecule has 0 radical (unpaired) electrons. The fourth-order valence-electron chi connectivity index (χ4n) is 3.01. The maximum atomic E-state index is 14.2. The zero-order valence-electron chi connectivity index (χ0n) is 16.2. The molecular formula is C21H16ClFN2O6. The second kappa shape index (κ2) is 8.65. The van der Waals surface area contributed by atoms with Gasteiger partial charge in [-0.1, -0.05) is 28.9 Å². The van der Waals surface area contributed by atoms with E-state index in [-0.39, 0.29) is 40.9 Å². The second-order valence-corrected chi connectivity index (χ2v) is 7.01. The molecule has 10 heteroatoms. The first-order valence-corrected chi connectivity index (χ1v) is 9.55. The van der Waals surface area contributed by atoms with E-state index in [1.54, 1.807) is 18.2 Å². The number of esters is 1. The Morgan fingerprint density at radius 3 is 2.84 bits per heavy atom. The van der Waals surface area contributed by atoms with Gasteiger partial charge in [-0.3, -0.25) is 4.79 Å². The number of benzene rings is 2. The molecule has 0 bridgehead atoms. The predicted octanol–water partition coefficient (Wildman–Crippen LogP) is 3.64. The molecule has 0 fully saturated rings. The number of nitrogens with one attached hydrogen (secondary N) is 1. The minimum Gasteiger partial charge on any atom is -0.454 e. The summed E-state index contributed by atoms with van der Waals surface area (Å²) in [6.45, 7) is 1.29. The van der Waals surface area contributed by atoms with Crippen molar-refractivity contribution in [2.24, 2.45) is 0 Å². The Morgan fingerprint density at radius 2 is 2.03 bits per heavy atom. The Labute approximate surface area is 180 Å². The van der Waals surface area contributed by atoms with Gasteiger partial charge in [0.1, 0.15) is 22.8 Å². The average molecular weight is 447 g/mol. The molecule has 0 saturated carbocycles. The van der Waals surface area contributed by atoms with Gasteiger partial charge in [-0.25, -0.2) is 9.18 Å². The van der Waals surface area contributed by atoms with Crippen molar-refractivity contribution in [1.82, 2.24) is 10.5 Å². The molecule has 1 aromatic heterocycles. The van der Waals surface area contributed by atoms with Crippen LogP contribution in [0.15, 0.2) is 40.9 Å². The van der Waals surface area contributed by atoms with E-state index in [1.165, 1.54) is 25.1 Å². The Balaban J connectivity index is 1.39. The summed E-state index contributed by atoms with van der Waals surface area (Å²) >= 11 is 6.06. The largest absolute Gasteiger partial charge is 0.454 e. The van der Waals surface area contributed by atoms with Crippen molar-refractivity contribution in [1.29, 1.82) is 0 Å². The van der Waals surface area contributed by atoms with E-state index in [4.69, 9.17) is 30.3 Å². The molecule has 0 atom stereocenters. The van der Waals surface area contributed by atoms with Gasteiger partial charge in [0, 0.05) is 6.54 Å². The van der Waals surface area contributed by atoms with Crippen molar-refractivity contribution in [3.05, 3.63) is 64.1 Å². The third-order valence-electron chi connectivity index (χ3n) is 4.53. The molecule has 1 aliphatic rings. The zero-order valence-corrected chi connectivity index (χ0v) is 17.0. The summed E-state index contributed by atoms with van der Waals surface area (Å²) in [4.78, 5) is 24.7. The number of carbonyl (C=O) groups is 2. The Kier molecular flexibility index (Phi) is 5.77. The monoisotopic (exact) mass is 446 g/mol. The molecule has 3 aromatic rings. The lowest BCUT2D eigenvalue weighted by atomic mass is 10.1. The Hall–Kier alpha value is -3.59. The second-order valence-electron chi connectivity index (χ2n) is 6.60. The molecule has 8 nitrogen and oxygen atoms in total. The summed E-state index contributed by atoms with van der Waals surface area (Å²) in [6, 6.07) is 9.35. The number of ether oxygens (including phenoxy) is 3. The number of fused-ring (bicyclic) bond motifs is 1. The average Bonchev–Trinajstić information content (AvgIpc) is 3.36. The molecule has 0 aliphatic carbocycles. The first kappa shape index (κ1) is 20.7. The number of nitrogens with zero attached hydrogens (tertiary/aromatic N) is 1. The standard InChI is InChI=1S/C21H16ClFN2O6/c1-11-18(20(25-31-11)19-13(22)3-2-4-14(19)23)21(27)28-9-17(26)24-8-12-5-6-15-16(7-12)30-10-29-15/h2-7H,8-10H2,1H3,(H,24,26). The number of rotatable bonds is 6. The number of aryl methyl sites for hydroxylation is 1. The van der Waals surface area contributed by atoms with Gasteiger partial charge in [-0.15, -0.1) is 0 Å². The van der Waals surface area contributed by atoms with Crippen molar-refractivity contribution in [2.75, 3.05) is 13.4 Å². The number of hydrogen-bond acceptors (Lipinski definition) is 7. The first-order valence-electron chi connectivity index (χ1n) is 9.17. The van der Waals surface area contributed by atoms with Crippen LogP contribution in [0.4, 0.5) is 4.39 Å². The van der Waals surface area contributed by atoms with Gasteiger partial charge >= 0.3 is 5.97 Å². The first-order chi connectivity index (χ1) is 14.9. The van der Waals surface area contributed by atoms with E-state index >= 15 is 0 Å². The Bertz CT molecular complexity index is 1140. The third-order valence-corrected chi connectivity index (χ3v) is 4.84. The van der Waals surface area contributed by atoms with Crippen LogP contribution >= 0.6 is 11.6 Å². The fourth-order valence-corrected chi connectivity index (χ4v) is 3.27. The maximum absolute atomic E-state index is 14.2. The molecule has 0 saturated heterocycles. The number of carbonyl (C=O) groups excluding carboxylic acids is 2. The number of amides is 1. The van der Waals surface area contributed by atoms with Crippen LogP contribution in [-0.4, -0.2) is 30.4 Å². The summed E-state index contributed by atoms with van der Waals surface area (Å²) in [7, 11) is 0. The van der Waals surface area contributed by atoms with Crippen LogP contribution < -0.4 is 14.8 Å². The lowest BCUT2D eigenvalue weighted by Gasteiger charge is -2.08.